The molecule has 0 radical (unpaired) electrons. The van der Waals surface area contributed by atoms with Crippen molar-refractivity contribution in [2.24, 2.45) is 0 Å². The summed E-state index contributed by atoms with van der Waals surface area (Å²) in [5.74, 6) is -0.406. The molecular weight excluding hydrogens is 252 g/mol. The number of H-pyrrole nitrogens is 1. The number of nitrogens with zero attached hydrogens (tertiary/aromatic N) is 1. The van der Waals surface area contributed by atoms with Crippen LogP contribution in [0.25, 0.3) is 0 Å². The summed E-state index contributed by atoms with van der Waals surface area (Å²) in [4.78, 5) is 11.2. The number of carbonyl (C=O) groups excluding carboxylic acids is 1. The van der Waals surface area contributed by atoms with Crippen LogP contribution in [-0.2, 0) is 17.6 Å². The molecule has 0 unspecified atom stereocenters. The van der Waals surface area contributed by atoms with Crippen LogP contribution in [0.2, 0.25) is 5.02 Å². The Balaban J connectivity index is 1.98. The molecule has 0 bridgehead atoms. The Morgan fingerprint density at radius 3 is 2.94 bits per heavy atom. The second kappa shape index (κ2) is 5.69. The summed E-state index contributed by atoms with van der Waals surface area (Å²) in [5.41, 5.74) is 2.35. The van der Waals surface area contributed by atoms with Crippen LogP contribution < -0.4 is 0 Å². The molecule has 0 aliphatic rings. The van der Waals surface area contributed by atoms with Crippen molar-refractivity contribution in [1.82, 2.24) is 10.2 Å². The molecule has 0 aliphatic carbocycles. The van der Waals surface area contributed by atoms with Crippen molar-refractivity contribution in [3.8, 4) is 0 Å². The number of hydrogen-bond donors (Lipinski definition) is 1. The van der Waals surface area contributed by atoms with Gasteiger partial charge in [0.25, 0.3) is 0 Å². The van der Waals surface area contributed by atoms with Gasteiger partial charge in [-0.05, 0) is 36.6 Å². The van der Waals surface area contributed by atoms with Gasteiger partial charge >= 0.3 is 5.97 Å². The number of hydrogen-bond acceptors (Lipinski definition) is 3. The van der Waals surface area contributed by atoms with Gasteiger partial charge in [0.15, 0.2) is 0 Å². The molecule has 2 aromatic rings. The fraction of sp³-hybridized carbons (Fsp3) is 0.231. The van der Waals surface area contributed by atoms with Crippen LogP contribution in [0.1, 0.15) is 21.7 Å². The Hall–Kier alpha value is -1.81. The lowest BCUT2D eigenvalue weighted by Crippen LogP contribution is -2.00. The summed E-state index contributed by atoms with van der Waals surface area (Å²) in [6.45, 7) is 0. The van der Waals surface area contributed by atoms with E-state index in [-0.39, 0.29) is 0 Å². The number of aromatic nitrogens is 2. The zero-order valence-corrected chi connectivity index (χ0v) is 10.7. The Morgan fingerprint density at radius 2 is 2.22 bits per heavy atom. The monoisotopic (exact) mass is 264 g/mol. The summed E-state index contributed by atoms with van der Waals surface area (Å²) < 4.78 is 4.60. The number of methoxy groups -OCH3 is 1. The fourth-order valence-electron chi connectivity index (χ4n) is 1.67. The summed E-state index contributed by atoms with van der Waals surface area (Å²) in [7, 11) is 1.34. The number of halogens is 1. The molecule has 0 aliphatic heterocycles. The smallest absolute Gasteiger partial charge is 0.356 e. The summed E-state index contributed by atoms with van der Waals surface area (Å²) >= 11 is 5.91. The molecule has 0 saturated carbocycles. The van der Waals surface area contributed by atoms with Crippen molar-refractivity contribution in [3.63, 3.8) is 0 Å². The van der Waals surface area contributed by atoms with Gasteiger partial charge in [0.05, 0.1) is 12.8 Å². The zero-order chi connectivity index (χ0) is 13.0. The van der Waals surface area contributed by atoms with E-state index < -0.39 is 5.97 Å². The highest BCUT2D eigenvalue weighted by Crippen LogP contribution is 2.13. The quantitative estimate of drug-likeness (QED) is 0.864. The molecule has 0 fully saturated rings. The van der Waals surface area contributed by atoms with Crippen molar-refractivity contribution in [2.75, 3.05) is 7.11 Å². The summed E-state index contributed by atoms with van der Waals surface area (Å²) in [5, 5.41) is 7.44. The van der Waals surface area contributed by atoms with Gasteiger partial charge in [0.2, 0.25) is 0 Å². The lowest BCUT2D eigenvalue weighted by molar-refractivity contribution is 0.0594. The highest BCUT2D eigenvalue weighted by atomic mass is 35.5. The average Bonchev–Trinajstić information content (AvgIpc) is 2.84. The van der Waals surface area contributed by atoms with Crippen LogP contribution in [-0.4, -0.2) is 23.3 Å². The maximum Gasteiger partial charge on any atom is 0.356 e. The third-order valence-electron chi connectivity index (χ3n) is 2.60. The minimum absolute atomic E-state index is 0.374. The number of benzene rings is 1. The lowest BCUT2D eigenvalue weighted by atomic mass is 10.1. The van der Waals surface area contributed by atoms with Gasteiger partial charge in [-0.3, -0.25) is 5.10 Å². The Kier molecular flexibility index (Phi) is 3.99. The van der Waals surface area contributed by atoms with E-state index in [0.717, 1.165) is 29.1 Å². The van der Waals surface area contributed by atoms with E-state index in [1.807, 2.05) is 24.3 Å². The molecule has 1 N–H and O–H groups in total. The molecule has 0 spiro atoms. The first kappa shape index (κ1) is 12.6. The van der Waals surface area contributed by atoms with Crippen molar-refractivity contribution >= 4 is 17.6 Å². The predicted molar refractivity (Wildman–Crippen MR) is 68.8 cm³/mol. The van der Waals surface area contributed by atoms with Crippen molar-refractivity contribution in [2.45, 2.75) is 12.8 Å². The van der Waals surface area contributed by atoms with Gasteiger partial charge in [-0.1, -0.05) is 23.7 Å². The van der Waals surface area contributed by atoms with Crippen molar-refractivity contribution in [3.05, 3.63) is 52.3 Å². The van der Waals surface area contributed by atoms with Crippen LogP contribution in [0, 0.1) is 0 Å². The topological polar surface area (TPSA) is 55.0 Å². The van der Waals surface area contributed by atoms with E-state index in [9.17, 15) is 4.79 Å². The van der Waals surface area contributed by atoms with E-state index in [4.69, 9.17) is 11.6 Å². The number of aromatic amines is 1. The van der Waals surface area contributed by atoms with Crippen molar-refractivity contribution < 1.29 is 9.53 Å². The van der Waals surface area contributed by atoms with E-state index in [1.54, 1.807) is 6.07 Å². The Morgan fingerprint density at radius 1 is 1.39 bits per heavy atom. The number of aryl methyl sites for hydroxylation is 2. The first-order valence-electron chi connectivity index (χ1n) is 5.56. The largest absolute Gasteiger partial charge is 0.464 e. The van der Waals surface area contributed by atoms with E-state index in [2.05, 4.69) is 14.9 Å². The lowest BCUT2D eigenvalue weighted by Gasteiger charge is -1.99. The van der Waals surface area contributed by atoms with Crippen LogP contribution in [0.15, 0.2) is 30.3 Å². The van der Waals surface area contributed by atoms with Crippen LogP contribution in [0.5, 0.6) is 0 Å². The number of carbonyl (C=O) groups is 1. The molecule has 18 heavy (non-hydrogen) atoms. The third-order valence-corrected chi connectivity index (χ3v) is 2.83. The number of rotatable bonds is 4. The van der Waals surface area contributed by atoms with Crippen LogP contribution in [0.4, 0.5) is 0 Å². The van der Waals surface area contributed by atoms with Gasteiger partial charge in [-0.25, -0.2) is 4.79 Å². The van der Waals surface area contributed by atoms with Crippen LogP contribution in [0.3, 0.4) is 0 Å². The first-order chi connectivity index (χ1) is 8.69. The maximum absolute atomic E-state index is 11.2. The molecule has 0 atom stereocenters. The highest BCUT2D eigenvalue weighted by Gasteiger charge is 2.09. The Bertz CT molecular complexity index is 551. The average molecular weight is 265 g/mol. The first-order valence-corrected chi connectivity index (χ1v) is 5.94. The molecule has 1 heterocycles. The molecule has 2 rings (SSSR count). The predicted octanol–water partition coefficient (Wildman–Crippen LogP) is 2.63. The maximum atomic E-state index is 11.2. The fourth-order valence-corrected chi connectivity index (χ4v) is 1.88. The zero-order valence-electron chi connectivity index (χ0n) is 9.94. The molecule has 94 valence electrons. The molecule has 0 saturated heterocycles. The van der Waals surface area contributed by atoms with Gasteiger partial charge in [-0.15, -0.1) is 0 Å². The molecule has 1 aromatic carbocycles. The standard InChI is InChI=1S/C13H13ClN2O2/c1-18-13(17)12-8-11(15-16-12)6-5-9-3-2-4-10(14)7-9/h2-4,7-8H,5-6H2,1H3,(H,15,16). The van der Waals surface area contributed by atoms with Gasteiger partial charge in [0, 0.05) is 5.02 Å². The normalized spacial score (nSPS) is 10.3. The molecule has 5 heteroatoms. The van der Waals surface area contributed by atoms with Gasteiger partial charge < -0.3 is 4.74 Å². The second-order valence-electron chi connectivity index (χ2n) is 3.89. The molecule has 1 aromatic heterocycles. The summed E-state index contributed by atoms with van der Waals surface area (Å²) in [6, 6.07) is 9.41. The number of esters is 1. The van der Waals surface area contributed by atoms with E-state index in [0.29, 0.717) is 5.69 Å². The second-order valence-corrected chi connectivity index (χ2v) is 4.33. The van der Waals surface area contributed by atoms with Gasteiger partial charge in [-0.2, -0.15) is 5.10 Å². The minimum atomic E-state index is -0.406. The van der Waals surface area contributed by atoms with Crippen molar-refractivity contribution in [1.29, 1.82) is 0 Å². The minimum Gasteiger partial charge on any atom is -0.464 e. The SMILES string of the molecule is COC(=O)c1cc(CCc2cccc(Cl)c2)n[nH]1. The van der Waals surface area contributed by atoms with E-state index >= 15 is 0 Å². The number of ether oxygens (including phenoxy) is 1. The van der Waals surface area contributed by atoms with E-state index in [1.165, 1.54) is 7.11 Å². The molecule has 4 nitrogen and oxygen atoms in total. The van der Waals surface area contributed by atoms with Gasteiger partial charge in [0.1, 0.15) is 5.69 Å². The molecule has 0 amide bonds. The summed E-state index contributed by atoms with van der Waals surface area (Å²) in [6.07, 6.45) is 1.57. The Labute approximate surface area is 110 Å². The number of nitrogens with one attached hydrogen (secondary N) is 1. The van der Waals surface area contributed by atoms with Crippen LogP contribution >= 0.6 is 11.6 Å². The highest BCUT2D eigenvalue weighted by molar-refractivity contribution is 6.30. The molecular formula is C13H13ClN2O2. The third kappa shape index (κ3) is 3.11.